The van der Waals surface area contributed by atoms with Gasteiger partial charge in [0.15, 0.2) is 5.60 Å². The number of nitrogens with zero attached hydrogens (tertiary/aromatic N) is 3. The Bertz CT molecular complexity index is 703. The summed E-state index contributed by atoms with van der Waals surface area (Å²) in [6.45, 7) is 3.54. The number of piperidine rings is 1. The lowest BCUT2D eigenvalue weighted by molar-refractivity contribution is -0.156. The second kappa shape index (κ2) is 7.76. The number of benzene rings is 1. The lowest BCUT2D eigenvalue weighted by Crippen LogP contribution is -2.58. The van der Waals surface area contributed by atoms with Crippen molar-refractivity contribution in [3.63, 3.8) is 0 Å². The Balaban J connectivity index is 1.52. The van der Waals surface area contributed by atoms with Gasteiger partial charge in [0.25, 0.3) is 5.91 Å². The van der Waals surface area contributed by atoms with Crippen LogP contribution in [0.15, 0.2) is 34.7 Å². The van der Waals surface area contributed by atoms with Crippen LogP contribution in [0, 0.1) is 6.92 Å². The molecular formula is C18H24N4O3. The highest BCUT2D eigenvalue weighted by atomic mass is 16.4. The van der Waals surface area contributed by atoms with Gasteiger partial charge in [-0.3, -0.25) is 4.79 Å². The van der Waals surface area contributed by atoms with Gasteiger partial charge in [0, 0.05) is 26.6 Å². The van der Waals surface area contributed by atoms with Crippen molar-refractivity contribution in [3.05, 3.63) is 47.7 Å². The number of hydrogen-bond donors (Lipinski definition) is 2. The van der Waals surface area contributed by atoms with Gasteiger partial charge in [-0.2, -0.15) is 0 Å². The maximum absolute atomic E-state index is 12.7. The average Bonchev–Trinajstić information content (AvgIpc) is 3.03. The Morgan fingerprint density at radius 3 is 2.84 bits per heavy atom. The first-order valence-corrected chi connectivity index (χ1v) is 8.62. The number of amides is 1. The van der Waals surface area contributed by atoms with Crippen LogP contribution in [-0.2, 0) is 17.8 Å². The van der Waals surface area contributed by atoms with E-state index in [0.29, 0.717) is 37.8 Å². The summed E-state index contributed by atoms with van der Waals surface area (Å²) in [4.78, 5) is 14.5. The number of likely N-dealkylation sites (tertiary alicyclic amines) is 1. The summed E-state index contributed by atoms with van der Waals surface area (Å²) in [5.74, 6) is 0.741. The Morgan fingerprint density at radius 2 is 2.12 bits per heavy atom. The molecule has 7 nitrogen and oxygen atoms in total. The predicted molar refractivity (Wildman–Crippen MR) is 91.7 cm³/mol. The van der Waals surface area contributed by atoms with Crippen molar-refractivity contribution < 1.29 is 14.3 Å². The van der Waals surface area contributed by atoms with Crippen LogP contribution in [0.2, 0.25) is 0 Å². The van der Waals surface area contributed by atoms with Crippen molar-refractivity contribution in [2.75, 3.05) is 19.6 Å². The van der Waals surface area contributed by atoms with Crippen LogP contribution in [0.5, 0.6) is 0 Å². The molecule has 7 heteroatoms. The van der Waals surface area contributed by atoms with Gasteiger partial charge in [0.2, 0.25) is 11.8 Å². The molecule has 1 unspecified atom stereocenters. The zero-order chi connectivity index (χ0) is 17.7. The van der Waals surface area contributed by atoms with Crippen molar-refractivity contribution >= 4 is 5.91 Å². The third-order valence-electron chi connectivity index (χ3n) is 4.48. The molecule has 0 saturated carbocycles. The van der Waals surface area contributed by atoms with Crippen molar-refractivity contribution in [2.45, 2.75) is 38.3 Å². The van der Waals surface area contributed by atoms with Gasteiger partial charge in [0.05, 0.1) is 6.54 Å². The highest BCUT2D eigenvalue weighted by Gasteiger charge is 2.41. The highest BCUT2D eigenvalue weighted by molar-refractivity contribution is 5.86. The largest absolute Gasteiger partial charge is 0.424 e. The standard InChI is InChI=1S/C18H24N4O3/c1-14-20-21-16(25-14)12-19-13-18(24)9-5-10-22(17(18)23)11-8-15-6-3-2-4-7-15/h2-4,6-7,19,24H,5,8-13H2,1H3. The molecule has 1 amide bonds. The quantitative estimate of drug-likeness (QED) is 0.780. The maximum atomic E-state index is 12.7. The number of carbonyl (C=O) groups excluding carboxylic acids is 1. The van der Waals surface area contributed by atoms with Crippen LogP contribution in [0.1, 0.15) is 30.2 Å². The molecule has 134 valence electrons. The molecule has 0 aliphatic carbocycles. The third kappa shape index (κ3) is 4.43. The minimum absolute atomic E-state index is 0.176. The van der Waals surface area contributed by atoms with Gasteiger partial charge in [0.1, 0.15) is 0 Å². The molecule has 1 saturated heterocycles. The molecule has 2 N–H and O–H groups in total. The number of aliphatic hydroxyl groups is 1. The van der Waals surface area contributed by atoms with Gasteiger partial charge in [-0.05, 0) is 24.8 Å². The van der Waals surface area contributed by atoms with Crippen molar-refractivity contribution in [1.29, 1.82) is 0 Å². The van der Waals surface area contributed by atoms with Crippen molar-refractivity contribution in [1.82, 2.24) is 20.4 Å². The van der Waals surface area contributed by atoms with Crippen LogP contribution < -0.4 is 5.32 Å². The van der Waals surface area contributed by atoms with E-state index in [1.165, 1.54) is 5.56 Å². The zero-order valence-electron chi connectivity index (χ0n) is 14.4. The van der Waals surface area contributed by atoms with Gasteiger partial charge in [-0.25, -0.2) is 0 Å². The van der Waals surface area contributed by atoms with Crippen LogP contribution in [0.4, 0.5) is 0 Å². The Labute approximate surface area is 147 Å². The highest BCUT2D eigenvalue weighted by Crippen LogP contribution is 2.22. The number of rotatable bonds is 7. The number of aromatic nitrogens is 2. The molecule has 1 aromatic heterocycles. The van der Waals surface area contributed by atoms with E-state index >= 15 is 0 Å². The number of carbonyl (C=O) groups is 1. The lowest BCUT2D eigenvalue weighted by atomic mass is 9.91. The van der Waals surface area contributed by atoms with Crippen LogP contribution in [0.3, 0.4) is 0 Å². The van der Waals surface area contributed by atoms with Crippen LogP contribution >= 0.6 is 0 Å². The molecule has 1 fully saturated rings. The number of aryl methyl sites for hydroxylation is 1. The first-order valence-electron chi connectivity index (χ1n) is 8.62. The monoisotopic (exact) mass is 344 g/mol. The van der Waals surface area contributed by atoms with E-state index in [4.69, 9.17) is 4.42 Å². The summed E-state index contributed by atoms with van der Waals surface area (Å²) in [5.41, 5.74) is -0.182. The minimum atomic E-state index is -1.37. The maximum Gasteiger partial charge on any atom is 0.255 e. The van der Waals surface area contributed by atoms with E-state index in [-0.39, 0.29) is 12.5 Å². The molecule has 1 aliphatic heterocycles. The summed E-state index contributed by atoms with van der Waals surface area (Å²) in [5, 5.41) is 21.5. The number of hydrogen-bond acceptors (Lipinski definition) is 6. The molecule has 0 radical (unpaired) electrons. The molecule has 25 heavy (non-hydrogen) atoms. The van der Waals surface area contributed by atoms with Crippen molar-refractivity contribution in [3.8, 4) is 0 Å². The lowest BCUT2D eigenvalue weighted by Gasteiger charge is -2.38. The fraction of sp³-hybridized carbons (Fsp3) is 0.500. The fourth-order valence-electron chi connectivity index (χ4n) is 3.14. The third-order valence-corrected chi connectivity index (χ3v) is 4.48. The first-order chi connectivity index (χ1) is 12.1. The smallest absolute Gasteiger partial charge is 0.255 e. The van der Waals surface area contributed by atoms with E-state index in [1.54, 1.807) is 11.8 Å². The van der Waals surface area contributed by atoms with Gasteiger partial charge >= 0.3 is 0 Å². The topological polar surface area (TPSA) is 91.5 Å². The molecule has 1 aliphatic rings. The van der Waals surface area contributed by atoms with E-state index in [0.717, 1.165) is 12.8 Å². The number of nitrogens with one attached hydrogen (secondary N) is 1. The normalized spacial score (nSPS) is 20.9. The van der Waals surface area contributed by atoms with Crippen molar-refractivity contribution in [2.24, 2.45) is 0 Å². The van der Waals surface area contributed by atoms with E-state index in [9.17, 15) is 9.90 Å². The van der Waals surface area contributed by atoms with E-state index < -0.39 is 5.60 Å². The molecule has 0 bridgehead atoms. The summed E-state index contributed by atoms with van der Waals surface area (Å²) in [7, 11) is 0. The molecule has 0 spiro atoms. The van der Waals surface area contributed by atoms with E-state index in [1.807, 2.05) is 18.2 Å². The minimum Gasteiger partial charge on any atom is -0.424 e. The summed E-state index contributed by atoms with van der Waals surface area (Å²) in [6, 6.07) is 10.1. The Kier molecular flexibility index (Phi) is 5.45. The summed E-state index contributed by atoms with van der Waals surface area (Å²) < 4.78 is 5.28. The average molecular weight is 344 g/mol. The van der Waals surface area contributed by atoms with Crippen LogP contribution in [-0.4, -0.2) is 51.3 Å². The Morgan fingerprint density at radius 1 is 1.32 bits per heavy atom. The molecule has 2 heterocycles. The molecular weight excluding hydrogens is 320 g/mol. The summed E-state index contributed by atoms with van der Waals surface area (Å²) in [6.07, 6.45) is 2.04. The van der Waals surface area contributed by atoms with Gasteiger partial charge in [-0.15, -0.1) is 10.2 Å². The molecule has 1 atom stereocenters. The summed E-state index contributed by atoms with van der Waals surface area (Å²) >= 11 is 0. The van der Waals surface area contributed by atoms with Gasteiger partial charge in [-0.1, -0.05) is 30.3 Å². The molecule has 3 rings (SSSR count). The Hall–Kier alpha value is -2.25. The second-order valence-corrected chi connectivity index (χ2v) is 6.48. The van der Waals surface area contributed by atoms with Gasteiger partial charge < -0.3 is 19.7 Å². The van der Waals surface area contributed by atoms with Crippen LogP contribution in [0.25, 0.3) is 0 Å². The predicted octanol–water partition coefficient (Wildman–Crippen LogP) is 1.06. The molecule has 1 aromatic carbocycles. The van der Waals surface area contributed by atoms with E-state index in [2.05, 4.69) is 27.6 Å². The fourth-order valence-corrected chi connectivity index (χ4v) is 3.14. The SMILES string of the molecule is Cc1nnc(CNCC2(O)CCCN(CCc3ccccc3)C2=O)o1. The molecule has 2 aromatic rings. The zero-order valence-corrected chi connectivity index (χ0v) is 14.4. The first kappa shape index (κ1) is 17.6. The second-order valence-electron chi connectivity index (χ2n) is 6.48.